The van der Waals surface area contributed by atoms with Gasteiger partial charge in [-0.15, -0.1) is 28.1 Å². The van der Waals surface area contributed by atoms with E-state index in [1.807, 2.05) is 66.3 Å². The average molecular weight is 520 g/mol. The van der Waals surface area contributed by atoms with Crippen LogP contribution >= 0.6 is 23.1 Å². The first-order valence-corrected chi connectivity index (χ1v) is 13.4. The van der Waals surface area contributed by atoms with Gasteiger partial charge in [-0.05, 0) is 51.0 Å². The molecule has 186 valence electrons. The quantitative estimate of drug-likeness (QED) is 0.193. The van der Waals surface area contributed by atoms with Crippen LogP contribution in [0.15, 0.2) is 65.7 Å². The van der Waals surface area contributed by atoms with Crippen molar-refractivity contribution in [1.29, 1.82) is 0 Å². The van der Waals surface area contributed by atoms with Crippen molar-refractivity contribution in [2.24, 2.45) is 0 Å². The summed E-state index contributed by atoms with van der Waals surface area (Å²) in [5, 5.41) is 14.7. The molecule has 0 radical (unpaired) electrons. The van der Waals surface area contributed by atoms with Crippen LogP contribution in [0.1, 0.15) is 35.5 Å². The number of rotatable bonds is 10. The van der Waals surface area contributed by atoms with E-state index in [9.17, 15) is 4.79 Å². The molecule has 9 heteroatoms. The fourth-order valence-electron chi connectivity index (χ4n) is 3.53. The number of nitrogens with one attached hydrogen (secondary N) is 1. The summed E-state index contributed by atoms with van der Waals surface area (Å²) in [6.45, 7) is 12.5. The molecule has 2 aromatic heterocycles. The highest BCUT2D eigenvalue weighted by molar-refractivity contribution is 7.99. The Hall–Kier alpha value is -3.43. The summed E-state index contributed by atoms with van der Waals surface area (Å²) in [4.78, 5) is 17.2. The molecular formula is C27H29N5O2S2. The Morgan fingerprint density at radius 1 is 1.17 bits per heavy atom. The summed E-state index contributed by atoms with van der Waals surface area (Å²) >= 11 is 2.72. The molecule has 0 spiro atoms. The van der Waals surface area contributed by atoms with Crippen molar-refractivity contribution in [2.75, 3.05) is 11.1 Å². The van der Waals surface area contributed by atoms with Crippen molar-refractivity contribution in [3.63, 3.8) is 0 Å². The third kappa shape index (κ3) is 6.22. The van der Waals surface area contributed by atoms with Gasteiger partial charge in [0.15, 0.2) is 22.2 Å². The van der Waals surface area contributed by atoms with E-state index >= 15 is 0 Å². The highest BCUT2D eigenvalue weighted by Crippen LogP contribution is 2.27. The van der Waals surface area contributed by atoms with Crippen molar-refractivity contribution in [3.05, 3.63) is 83.0 Å². The third-order valence-electron chi connectivity index (χ3n) is 5.64. The zero-order valence-corrected chi connectivity index (χ0v) is 22.4. The van der Waals surface area contributed by atoms with Crippen molar-refractivity contribution in [1.82, 2.24) is 19.7 Å². The number of hydrogen-bond donors (Lipinski definition) is 1. The van der Waals surface area contributed by atoms with E-state index in [-0.39, 0.29) is 17.8 Å². The number of amides is 1. The smallest absolute Gasteiger partial charge is 0.236 e. The first-order valence-electron chi connectivity index (χ1n) is 11.6. The molecule has 0 aliphatic heterocycles. The van der Waals surface area contributed by atoms with Crippen molar-refractivity contribution in [2.45, 2.75) is 45.5 Å². The van der Waals surface area contributed by atoms with Crippen LogP contribution in [0, 0.1) is 20.8 Å². The molecule has 2 heterocycles. The maximum absolute atomic E-state index is 12.6. The van der Waals surface area contributed by atoms with Gasteiger partial charge in [0.1, 0.15) is 5.75 Å². The molecule has 1 unspecified atom stereocenters. The summed E-state index contributed by atoms with van der Waals surface area (Å²) < 4.78 is 8.06. The Morgan fingerprint density at radius 3 is 2.67 bits per heavy atom. The highest BCUT2D eigenvalue weighted by Gasteiger charge is 2.20. The lowest BCUT2D eigenvalue weighted by molar-refractivity contribution is -0.113. The van der Waals surface area contributed by atoms with Gasteiger partial charge in [0.25, 0.3) is 0 Å². The Bertz CT molecular complexity index is 1360. The monoisotopic (exact) mass is 519 g/mol. The second-order valence-corrected chi connectivity index (χ2v) is 10.3. The molecule has 1 atom stereocenters. The lowest BCUT2D eigenvalue weighted by Gasteiger charge is -2.16. The van der Waals surface area contributed by atoms with Crippen molar-refractivity contribution < 1.29 is 9.53 Å². The SMILES string of the molecule is C=CCn1c(SCC(=O)Nc2nc(-c3ccc(C)cc3)cs2)nnc1C(C)Oc1ccc(C)c(C)c1. The molecule has 7 nitrogen and oxygen atoms in total. The van der Waals surface area contributed by atoms with Gasteiger partial charge < -0.3 is 10.1 Å². The number of nitrogens with zero attached hydrogens (tertiary/aromatic N) is 4. The van der Waals surface area contributed by atoms with Crippen molar-refractivity contribution in [3.8, 4) is 17.0 Å². The molecule has 0 saturated heterocycles. The number of benzene rings is 2. The minimum absolute atomic E-state index is 0.154. The molecule has 0 bridgehead atoms. The summed E-state index contributed by atoms with van der Waals surface area (Å²) in [5.74, 6) is 1.49. The van der Waals surface area contributed by atoms with Crippen LogP contribution in [0.5, 0.6) is 5.75 Å². The third-order valence-corrected chi connectivity index (χ3v) is 7.37. The summed E-state index contributed by atoms with van der Waals surface area (Å²) in [7, 11) is 0. The second-order valence-electron chi connectivity index (χ2n) is 8.49. The van der Waals surface area contributed by atoms with E-state index in [0.29, 0.717) is 22.7 Å². The predicted octanol–water partition coefficient (Wildman–Crippen LogP) is 6.38. The lowest BCUT2D eigenvalue weighted by Crippen LogP contribution is -2.15. The first kappa shape index (κ1) is 25.7. The van der Waals surface area contributed by atoms with E-state index in [1.54, 1.807) is 6.08 Å². The molecule has 36 heavy (non-hydrogen) atoms. The van der Waals surface area contributed by atoms with Crippen LogP contribution in [0.3, 0.4) is 0 Å². The normalized spacial score (nSPS) is 11.8. The number of hydrogen-bond acceptors (Lipinski definition) is 7. The highest BCUT2D eigenvalue weighted by atomic mass is 32.2. The summed E-state index contributed by atoms with van der Waals surface area (Å²) in [6.07, 6.45) is 1.46. The topological polar surface area (TPSA) is 81.9 Å². The number of aromatic nitrogens is 4. The number of carbonyl (C=O) groups is 1. The second kappa shape index (κ2) is 11.5. The standard InChI is InChI=1S/C27H29N5O2S2/c1-6-13-32-25(20(5)34-22-12-9-18(3)19(4)14-22)30-31-27(32)36-16-24(33)29-26-28-23(15-35-26)21-10-7-17(2)8-11-21/h6-12,14-15,20H,1,13,16H2,2-5H3,(H,28,29,33). The molecule has 4 aromatic rings. The Morgan fingerprint density at radius 2 is 1.94 bits per heavy atom. The van der Waals surface area contributed by atoms with Crippen molar-refractivity contribution >= 4 is 34.1 Å². The number of anilines is 1. The Kier molecular flexibility index (Phi) is 8.22. The molecule has 1 amide bonds. The van der Waals surface area contributed by atoms with E-state index in [2.05, 4.69) is 40.9 Å². The molecule has 0 aliphatic carbocycles. The van der Waals surface area contributed by atoms with Gasteiger partial charge in [-0.25, -0.2) is 4.98 Å². The van der Waals surface area contributed by atoms with Gasteiger partial charge in [0, 0.05) is 17.5 Å². The number of ether oxygens (including phenoxy) is 1. The number of allylic oxidation sites excluding steroid dienone is 1. The summed E-state index contributed by atoms with van der Waals surface area (Å²) in [5.41, 5.74) is 5.44. The molecule has 2 aromatic carbocycles. The van der Waals surface area contributed by atoms with E-state index in [1.165, 1.54) is 39.8 Å². The van der Waals surface area contributed by atoms with E-state index in [0.717, 1.165) is 17.0 Å². The van der Waals surface area contributed by atoms with Gasteiger partial charge in [-0.3, -0.25) is 9.36 Å². The van der Waals surface area contributed by atoms with Gasteiger partial charge in [-0.2, -0.15) is 0 Å². The van der Waals surface area contributed by atoms with E-state index < -0.39 is 0 Å². The average Bonchev–Trinajstić information content (AvgIpc) is 3.48. The number of thioether (sulfide) groups is 1. The molecule has 0 aliphatic rings. The predicted molar refractivity (Wildman–Crippen MR) is 147 cm³/mol. The summed E-state index contributed by atoms with van der Waals surface area (Å²) in [6, 6.07) is 14.2. The van der Waals surface area contributed by atoms with Crippen LogP contribution < -0.4 is 10.1 Å². The van der Waals surface area contributed by atoms with Gasteiger partial charge in [0.2, 0.25) is 5.91 Å². The van der Waals surface area contributed by atoms with Gasteiger partial charge in [0.05, 0.1) is 11.4 Å². The minimum Gasteiger partial charge on any atom is -0.483 e. The van der Waals surface area contributed by atoms with Crippen LogP contribution in [-0.2, 0) is 11.3 Å². The number of carbonyl (C=O) groups excluding carboxylic acids is 1. The maximum atomic E-state index is 12.6. The fourth-order valence-corrected chi connectivity index (χ4v) is 5.02. The van der Waals surface area contributed by atoms with Gasteiger partial charge >= 0.3 is 0 Å². The van der Waals surface area contributed by atoms with Crippen LogP contribution in [0.25, 0.3) is 11.3 Å². The molecular weight excluding hydrogens is 490 g/mol. The molecule has 1 N–H and O–H groups in total. The Balaban J connectivity index is 1.39. The minimum atomic E-state index is -0.321. The number of aryl methyl sites for hydroxylation is 3. The lowest BCUT2D eigenvalue weighted by atomic mass is 10.1. The maximum Gasteiger partial charge on any atom is 0.236 e. The van der Waals surface area contributed by atoms with Gasteiger partial charge in [-0.1, -0.05) is 53.7 Å². The van der Waals surface area contributed by atoms with Crippen LogP contribution in [-0.4, -0.2) is 31.4 Å². The molecule has 0 saturated carbocycles. The van der Waals surface area contributed by atoms with Crippen LogP contribution in [0.2, 0.25) is 0 Å². The van der Waals surface area contributed by atoms with E-state index in [4.69, 9.17) is 4.74 Å². The Labute approximate surface area is 219 Å². The number of thiazole rings is 1. The molecule has 0 fully saturated rings. The zero-order chi connectivity index (χ0) is 25.7. The zero-order valence-electron chi connectivity index (χ0n) is 20.8. The first-order chi connectivity index (χ1) is 17.3. The molecule has 4 rings (SSSR count). The largest absolute Gasteiger partial charge is 0.483 e. The fraction of sp³-hybridized carbons (Fsp3) is 0.259. The van der Waals surface area contributed by atoms with Crippen LogP contribution in [0.4, 0.5) is 5.13 Å².